The molecule has 2 aromatic rings. The fraction of sp³-hybridized carbons (Fsp3) is 0.294. The minimum absolute atomic E-state index is 0.559. The number of allylic oxidation sites excluding steroid dienone is 1. The van der Waals surface area contributed by atoms with Gasteiger partial charge in [0.15, 0.2) is 0 Å². The normalized spacial score (nSPS) is 17.7. The summed E-state index contributed by atoms with van der Waals surface area (Å²) in [4.78, 5) is 3.40. The molecule has 0 saturated carbocycles. The van der Waals surface area contributed by atoms with Crippen LogP contribution in [0.2, 0.25) is 0 Å². The van der Waals surface area contributed by atoms with Crippen LogP contribution in [0.1, 0.15) is 48.1 Å². The molecule has 1 aliphatic carbocycles. The molecule has 0 aliphatic heterocycles. The molecule has 0 bridgehead atoms. The van der Waals surface area contributed by atoms with Crippen molar-refractivity contribution in [1.82, 2.24) is 4.98 Å². The summed E-state index contributed by atoms with van der Waals surface area (Å²) in [6.07, 6.45) is 6.84. The predicted octanol–water partition coefficient (Wildman–Crippen LogP) is 4.76. The molecule has 1 aliphatic rings. The molecule has 3 rings (SSSR count). The third-order valence-electron chi connectivity index (χ3n) is 3.88. The minimum Gasteiger partial charge on any atom is -0.361 e. The van der Waals surface area contributed by atoms with Crippen LogP contribution < -0.4 is 0 Å². The molecule has 1 heterocycles. The van der Waals surface area contributed by atoms with Gasteiger partial charge in [0.05, 0.1) is 0 Å². The summed E-state index contributed by atoms with van der Waals surface area (Å²) in [5.74, 6) is 0.559. The summed E-state index contributed by atoms with van der Waals surface area (Å²) in [6, 6.07) is 10.9. The highest BCUT2D eigenvalue weighted by Gasteiger charge is 2.26. The maximum Gasteiger partial charge on any atom is 0.0449 e. The first-order valence-corrected chi connectivity index (χ1v) is 6.76. The van der Waals surface area contributed by atoms with Gasteiger partial charge < -0.3 is 4.98 Å². The molecule has 1 heteroatoms. The van der Waals surface area contributed by atoms with Gasteiger partial charge in [-0.25, -0.2) is 0 Å². The van der Waals surface area contributed by atoms with E-state index in [0.29, 0.717) is 5.92 Å². The van der Waals surface area contributed by atoms with Crippen molar-refractivity contribution in [2.75, 3.05) is 0 Å². The molecule has 0 fully saturated rings. The monoisotopic (exact) mass is 237 g/mol. The number of rotatable bonds is 3. The Labute approximate surface area is 109 Å². The summed E-state index contributed by atoms with van der Waals surface area (Å²) in [5.41, 5.74) is 6.99. The number of hydrogen-bond acceptors (Lipinski definition) is 0. The highest BCUT2D eigenvalue weighted by Crippen LogP contribution is 2.44. The lowest BCUT2D eigenvalue weighted by atomic mass is 9.89. The Morgan fingerprint density at radius 2 is 2.00 bits per heavy atom. The molecular weight excluding hydrogens is 218 g/mol. The van der Waals surface area contributed by atoms with Crippen LogP contribution in [0.3, 0.4) is 0 Å². The molecule has 0 saturated heterocycles. The molecule has 1 N–H and O–H groups in total. The van der Waals surface area contributed by atoms with Crippen molar-refractivity contribution in [3.63, 3.8) is 0 Å². The first kappa shape index (κ1) is 11.3. The standard InChI is InChI=1S/C17H19N/c1-3-6-15-14-8-5-4-7-13(14)11-16(15)17-12(2)9-10-18-17/h4-5,7-11,15,18H,3,6H2,1-2H3. The van der Waals surface area contributed by atoms with Crippen LogP contribution in [0.4, 0.5) is 0 Å². The Morgan fingerprint density at radius 3 is 2.72 bits per heavy atom. The van der Waals surface area contributed by atoms with Gasteiger partial charge in [0.25, 0.3) is 0 Å². The highest BCUT2D eigenvalue weighted by molar-refractivity contribution is 5.91. The van der Waals surface area contributed by atoms with E-state index in [9.17, 15) is 0 Å². The zero-order valence-electron chi connectivity index (χ0n) is 11.0. The third kappa shape index (κ3) is 1.71. The number of H-pyrrole nitrogens is 1. The van der Waals surface area contributed by atoms with Crippen molar-refractivity contribution in [3.8, 4) is 0 Å². The summed E-state index contributed by atoms with van der Waals surface area (Å²) in [6.45, 7) is 4.44. The van der Waals surface area contributed by atoms with Crippen LogP contribution in [-0.2, 0) is 0 Å². The van der Waals surface area contributed by atoms with Crippen molar-refractivity contribution in [2.45, 2.75) is 32.6 Å². The van der Waals surface area contributed by atoms with Gasteiger partial charge in [-0.1, -0.05) is 37.6 Å². The lowest BCUT2D eigenvalue weighted by Gasteiger charge is -2.16. The number of aryl methyl sites for hydroxylation is 1. The van der Waals surface area contributed by atoms with E-state index in [4.69, 9.17) is 0 Å². The second-order valence-electron chi connectivity index (χ2n) is 5.11. The van der Waals surface area contributed by atoms with E-state index in [0.717, 1.165) is 0 Å². The lowest BCUT2D eigenvalue weighted by Crippen LogP contribution is -1.99. The molecule has 1 nitrogen and oxygen atoms in total. The van der Waals surface area contributed by atoms with Gasteiger partial charge in [-0.05, 0) is 47.8 Å². The van der Waals surface area contributed by atoms with Crippen molar-refractivity contribution < 1.29 is 0 Å². The fourth-order valence-corrected chi connectivity index (χ4v) is 3.00. The average molecular weight is 237 g/mol. The van der Waals surface area contributed by atoms with E-state index in [1.54, 1.807) is 0 Å². The Morgan fingerprint density at radius 1 is 1.17 bits per heavy atom. The van der Waals surface area contributed by atoms with Crippen LogP contribution in [0.15, 0.2) is 36.5 Å². The van der Waals surface area contributed by atoms with Crippen molar-refractivity contribution in [1.29, 1.82) is 0 Å². The maximum absolute atomic E-state index is 3.40. The summed E-state index contributed by atoms with van der Waals surface area (Å²) < 4.78 is 0. The molecule has 0 spiro atoms. The Bertz CT molecular complexity index is 589. The lowest BCUT2D eigenvalue weighted by molar-refractivity contribution is 0.735. The first-order chi connectivity index (χ1) is 8.81. The van der Waals surface area contributed by atoms with Gasteiger partial charge in [-0.3, -0.25) is 0 Å². The second-order valence-corrected chi connectivity index (χ2v) is 5.11. The zero-order valence-corrected chi connectivity index (χ0v) is 11.0. The number of nitrogens with one attached hydrogen (secondary N) is 1. The smallest absolute Gasteiger partial charge is 0.0449 e. The van der Waals surface area contributed by atoms with Crippen LogP contribution >= 0.6 is 0 Å². The van der Waals surface area contributed by atoms with Gasteiger partial charge in [0.2, 0.25) is 0 Å². The molecule has 0 radical (unpaired) electrons. The number of aromatic amines is 1. The molecule has 1 unspecified atom stereocenters. The number of fused-ring (bicyclic) bond motifs is 1. The van der Waals surface area contributed by atoms with Gasteiger partial charge >= 0.3 is 0 Å². The Balaban J connectivity index is 2.08. The van der Waals surface area contributed by atoms with Gasteiger partial charge in [0.1, 0.15) is 0 Å². The molecule has 0 amide bonds. The van der Waals surface area contributed by atoms with Crippen LogP contribution in [0.5, 0.6) is 0 Å². The maximum atomic E-state index is 3.40. The van der Waals surface area contributed by atoms with Crippen LogP contribution in [0.25, 0.3) is 11.6 Å². The largest absolute Gasteiger partial charge is 0.361 e. The summed E-state index contributed by atoms with van der Waals surface area (Å²) >= 11 is 0. The van der Waals surface area contributed by atoms with Crippen LogP contribution in [-0.4, -0.2) is 4.98 Å². The molecule has 1 aromatic heterocycles. The molecule has 92 valence electrons. The highest BCUT2D eigenvalue weighted by atomic mass is 14.7. The molecule has 1 atom stereocenters. The van der Waals surface area contributed by atoms with Crippen molar-refractivity contribution in [2.24, 2.45) is 0 Å². The predicted molar refractivity (Wildman–Crippen MR) is 77.5 cm³/mol. The second kappa shape index (κ2) is 4.49. The number of benzene rings is 1. The van der Waals surface area contributed by atoms with Crippen LogP contribution in [0, 0.1) is 6.92 Å². The number of hydrogen-bond donors (Lipinski definition) is 1. The topological polar surface area (TPSA) is 15.8 Å². The Kier molecular flexibility index (Phi) is 2.83. The molecule has 18 heavy (non-hydrogen) atoms. The number of aromatic nitrogens is 1. The molecule has 1 aromatic carbocycles. The fourth-order valence-electron chi connectivity index (χ4n) is 3.00. The summed E-state index contributed by atoms with van der Waals surface area (Å²) in [7, 11) is 0. The quantitative estimate of drug-likeness (QED) is 0.792. The van der Waals surface area contributed by atoms with Gasteiger partial charge in [-0.15, -0.1) is 0 Å². The van der Waals surface area contributed by atoms with E-state index >= 15 is 0 Å². The SMILES string of the molecule is CCCC1C(c2[nH]ccc2C)=Cc2ccccc21. The zero-order chi connectivity index (χ0) is 12.5. The van der Waals surface area contributed by atoms with Gasteiger partial charge in [0, 0.05) is 17.8 Å². The third-order valence-corrected chi connectivity index (χ3v) is 3.88. The van der Waals surface area contributed by atoms with Crippen molar-refractivity contribution >= 4 is 11.6 Å². The van der Waals surface area contributed by atoms with Crippen molar-refractivity contribution in [3.05, 3.63) is 58.9 Å². The Hall–Kier alpha value is -1.76. The first-order valence-electron chi connectivity index (χ1n) is 6.76. The molecular formula is C17H19N. The van der Waals surface area contributed by atoms with Gasteiger partial charge in [-0.2, -0.15) is 0 Å². The summed E-state index contributed by atoms with van der Waals surface area (Å²) in [5, 5.41) is 0. The van der Waals surface area contributed by atoms with E-state index in [-0.39, 0.29) is 0 Å². The average Bonchev–Trinajstić information content (AvgIpc) is 2.94. The van der Waals surface area contributed by atoms with E-state index in [2.05, 4.69) is 55.2 Å². The van der Waals surface area contributed by atoms with E-state index in [1.807, 2.05) is 6.20 Å². The minimum atomic E-state index is 0.559. The van der Waals surface area contributed by atoms with E-state index in [1.165, 1.54) is 40.8 Å². The van der Waals surface area contributed by atoms with E-state index < -0.39 is 0 Å².